The Morgan fingerprint density at radius 2 is 1.77 bits per heavy atom. The van der Waals surface area contributed by atoms with Crippen LogP contribution in [0.4, 0.5) is 15.8 Å². The Morgan fingerprint density at radius 3 is 2.42 bits per heavy atom. The first kappa shape index (κ1) is 20.2. The van der Waals surface area contributed by atoms with Crippen LogP contribution in [0, 0.1) is 5.82 Å². The van der Waals surface area contributed by atoms with Crippen molar-refractivity contribution in [2.75, 3.05) is 24.2 Å². The topological polar surface area (TPSA) is 61.4 Å². The van der Waals surface area contributed by atoms with E-state index in [1.165, 1.54) is 24.3 Å². The number of nitrogens with one attached hydrogen (secondary N) is 2. The smallest absolute Gasteiger partial charge is 0.241 e. The number of amides is 2. The molecule has 0 heterocycles. The van der Waals surface area contributed by atoms with E-state index in [1.807, 2.05) is 0 Å². The zero-order chi connectivity index (χ0) is 19.3. The highest BCUT2D eigenvalue weighted by atomic mass is 35.5. The van der Waals surface area contributed by atoms with E-state index in [-0.39, 0.29) is 24.2 Å². The zero-order valence-electron chi connectivity index (χ0n) is 14.2. The lowest BCUT2D eigenvalue weighted by Crippen LogP contribution is -2.43. The van der Waals surface area contributed by atoms with Crippen molar-refractivity contribution >= 4 is 46.4 Å². The van der Waals surface area contributed by atoms with Crippen molar-refractivity contribution < 1.29 is 14.0 Å². The van der Waals surface area contributed by atoms with E-state index in [0.717, 1.165) is 0 Å². The van der Waals surface area contributed by atoms with Crippen LogP contribution in [0.25, 0.3) is 0 Å². The van der Waals surface area contributed by atoms with Crippen LogP contribution >= 0.6 is 23.2 Å². The van der Waals surface area contributed by atoms with Crippen LogP contribution in [0.1, 0.15) is 6.92 Å². The highest BCUT2D eigenvalue weighted by Gasteiger charge is 2.21. The van der Waals surface area contributed by atoms with E-state index >= 15 is 0 Å². The number of benzene rings is 2. The van der Waals surface area contributed by atoms with E-state index in [9.17, 15) is 14.0 Å². The Balaban J connectivity index is 1.92. The number of rotatable bonds is 6. The molecule has 138 valence electrons. The third kappa shape index (κ3) is 5.69. The number of nitrogens with zero attached hydrogens (tertiary/aromatic N) is 1. The maximum Gasteiger partial charge on any atom is 0.241 e. The molecular formula is C18H18Cl2FN3O2. The van der Waals surface area contributed by atoms with Crippen LogP contribution < -0.4 is 10.6 Å². The van der Waals surface area contributed by atoms with E-state index in [2.05, 4.69) is 10.6 Å². The summed E-state index contributed by atoms with van der Waals surface area (Å²) >= 11 is 11.9. The normalized spacial score (nSPS) is 11.9. The average molecular weight is 398 g/mol. The molecule has 2 rings (SSSR count). The van der Waals surface area contributed by atoms with Gasteiger partial charge in [0, 0.05) is 10.7 Å². The number of carbonyl (C=O) groups is 2. The summed E-state index contributed by atoms with van der Waals surface area (Å²) in [6, 6.07) is 9.60. The van der Waals surface area contributed by atoms with Crippen LogP contribution in [0.5, 0.6) is 0 Å². The molecule has 1 atom stereocenters. The second kappa shape index (κ2) is 8.98. The Kier molecular flexibility index (Phi) is 6.97. The molecule has 0 aliphatic carbocycles. The van der Waals surface area contributed by atoms with E-state index in [0.29, 0.717) is 21.4 Å². The monoisotopic (exact) mass is 397 g/mol. The van der Waals surface area contributed by atoms with E-state index in [4.69, 9.17) is 23.2 Å². The number of hydrogen-bond acceptors (Lipinski definition) is 3. The van der Waals surface area contributed by atoms with Crippen LogP contribution in [0.3, 0.4) is 0 Å². The summed E-state index contributed by atoms with van der Waals surface area (Å²) < 4.78 is 12.9. The highest BCUT2D eigenvalue weighted by Crippen LogP contribution is 2.25. The van der Waals surface area contributed by atoms with Gasteiger partial charge in [-0.3, -0.25) is 14.5 Å². The molecule has 0 bridgehead atoms. The molecular weight excluding hydrogens is 380 g/mol. The molecule has 5 nitrogen and oxygen atoms in total. The van der Waals surface area contributed by atoms with Crippen molar-refractivity contribution in [2.24, 2.45) is 0 Å². The minimum atomic E-state index is -0.594. The summed E-state index contributed by atoms with van der Waals surface area (Å²) in [6.07, 6.45) is 0. The molecule has 0 aliphatic rings. The zero-order valence-corrected chi connectivity index (χ0v) is 15.7. The summed E-state index contributed by atoms with van der Waals surface area (Å²) in [5.41, 5.74) is 0.882. The third-order valence-electron chi connectivity index (χ3n) is 3.75. The molecule has 0 saturated carbocycles. The molecule has 0 radical (unpaired) electrons. The predicted octanol–water partition coefficient (Wildman–Crippen LogP) is 4.03. The number of likely N-dealkylation sites (N-methyl/N-ethyl adjacent to an activating group) is 1. The molecule has 0 aliphatic heterocycles. The summed E-state index contributed by atoms with van der Waals surface area (Å²) in [6.45, 7) is 1.65. The van der Waals surface area contributed by atoms with Gasteiger partial charge < -0.3 is 10.6 Å². The van der Waals surface area contributed by atoms with Gasteiger partial charge in [0.25, 0.3) is 0 Å². The molecule has 0 unspecified atom stereocenters. The first-order valence-electron chi connectivity index (χ1n) is 7.78. The van der Waals surface area contributed by atoms with Gasteiger partial charge in [-0.15, -0.1) is 0 Å². The standard InChI is InChI=1S/C18H18Cl2FN3O2/c1-11(18(26)23-16-9-12(19)3-8-15(16)20)24(2)10-17(25)22-14-6-4-13(21)5-7-14/h3-9,11H,10H2,1-2H3,(H,22,25)(H,23,26)/t11-/m0/s1. The van der Waals surface area contributed by atoms with Gasteiger partial charge in [-0.05, 0) is 56.4 Å². The Morgan fingerprint density at radius 1 is 1.12 bits per heavy atom. The molecule has 0 fully saturated rings. The second-order valence-corrected chi connectivity index (χ2v) is 6.60. The molecule has 0 spiro atoms. The van der Waals surface area contributed by atoms with Gasteiger partial charge in [0.15, 0.2) is 0 Å². The molecule has 8 heteroatoms. The van der Waals surface area contributed by atoms with E-state index < -0.39 is 6.04 Å². The molecule has 0 aromatic heterocycles. The molecule has 2 amide bonds. The molecule has 2 N–H and O–H groups in total. The van der Waals surface area contributed by atoms with Crippen molar-refractivity contribution in [1.82, 2.24) is 4.90 Å². The van der Waals surface area contributed by atoms with Crippen LogP contribution in [0.15, 0.2) is 42.5 Å². The first-order chi connectivity index (χ1) is 12.3. The highest BCUT2D eigenvalue weighted by molar-refractivity contribution is 6.35. The number of halogens is 3. The molecule has 2 aromatic rings. The van der Waals surface area contributed by atoms with Crippen LogP contribution in [0.2, 0.25) is 10.0 Å². The van der Waals surface area contributed by atoms with Crippen LogP contribution in [-0.2, 0) is 9.59 Å². The number of anilines is 2. The fourth-order valence-corrected chi connectivity index (χ4v) is 2.46. The van der Waals surface area contributed by atoms with E-state index in [1.54, 1.807) is 37.1 Å². The van der Waals surface area contributed by atoms with Crippen molar-refractivity contribution in [2.45, 2.75) is 13.0 Å². The molecule has 0 saturated heterocycles. The summed E-state index contributed by atoms with van der Waals surface area (Å²) in [5, 5.41) is 6.15. The van der Waals surface area contributed by atoms with Gasteiger partial charge in [-0.1, -0.05) is 23.2 Å². The SMILES string of the molecule is C[C@@H](C(=O)Nc1cc(Cl)ccc1Cl)N(C)CC(=O)Nc1ccc(F)cc1. The van der Waals surface area contributed by atoms with Gasteiger partial charge in [-0.2, -0.15) is 0 Å². The average Bonchev–Trinajstić information content (AvgIpc) is 2.59. The predicted molar refractivity (Wildman–Crippen MR) is 102 cm³/mol. The Bertz CT molecular complexity index is 800. The fraction of sp³-hybridized carbons (Fsp3) is 0.222. The van der Waals surface area contributed by atoms with Crippen LogP contribution in [-0.4, -0.2) is 36.3 Å². The summed E-state index contributed by atoms with van der Waals surface area (Å²) in [7, 11) is 1.65. The Hall–Kier alpha value is -2.15. The van der Waals surface area contributed by atoms with Gasteiger partial charge >= 0.3 is 0 Å². The van der Waals surface area contributed by atoms with Crippen molar-refractivity contribution in [1.29, 1.82) is 0 Å². The van der Waals surface area contributed by atoms with Gasteiger partial charge in [-0.25, -0.2) is 4.39 Å². The second-order valence-electron chi connectivity index (χ2n) is 5.76. The van der Waals surface area contributed by atoms with Crippen molar-refractivity contribution in [3.8, 4) is 0 Å². The Labute approximate surface area is 161 Å². The van der Waals surface area contributed by atoms with Crippen molar-refractivity contribution in [3.05, 3.63) is 58.3 Å². The lowest BCUT2D eigenvalue weighted by Gasteiger charge is -2.23. The first-order valence-corrected chi connectivity index (χ1v) is 8.53. The third-order valence-corrected chi connectivity index (χ3v) is 4.31. The summed E-state index contributed by atoms with van der Waals surface area (Å²) in [5.74, 6) is -1.03. The minimum Gasteiger partial charge on any atom is -0.325 e. The largest absolute Gasteiger partial charge is 0.325 e. The summed E-state index contributed by atoms with van der Waals surface area (Å²) in [4.78, 5) is 26.0. The van der Waals surface area contributed by atoms with Gasteiger partial charge in [0.05, 0.1) is 23.3 Å². The number of hydrogen-bond donors (Lipinski definition) is 2. The van der Waals surface area contributed by atoms with Crippen molar-refractivity contribution in [3.63, 3.8) is 0 Å². The maximum absolute atomic E-state index is 12.9. The minimum absolute atomic E-state index is 0.0186. The lowest BCUT2D eigenvalue weighted by atomic mass is 10.2. The van der Waals surface area contributed by atoms with Gasteiger partial charge in [0.1, 0.15) is 5.82 Å². The molecule has 2 aromatic carbocycles. The molecule has 26 heavy (non-hydrogen) atoms. The fourth-order valence-electron chi connectivity index (χ4n) is 2.13. The quantitative estimate of drug-likeness (QED) is 0.773. The van der Waals surface area contributed by atoms with Gasteiger partial charge in [0.2, 0.25) is 11.8 Å². The lowest BCUT2D eigenvalue weighted by molar-refractivity contribution is -0.122. The maximum atomic E-state index is 12.9. The number of carbonyl (C=O) groups excluding carboxylic acids is 2.